The molecule has 0 saturated carbocycles. The topological polar surface area (TPSA) is 58.6 Å². The Kier molecular flexibility index (Phi) is 6.10. The number of rotatable bonds is 8. The highest BCUT2D eigenvalue weighted by molar-refractivity contribution is 5.87. The zero-order chi connectivity index (χ0) is 12.5. The van der Waals surface area contributed by atoms with Crippen LogP contribution in [-0.4, -0.2) is 30.8 Å². The molecule has 94 valence electrons. The maximum atomic E-state index is 10.7. The molecular weight excluding hydrogens is 218 g/mol. The highest BCUT2D eigenvalue weighted by Crippen LogP contribution is 2.12. The zero-order valence-electron chi connectivity index (χ0n) is 10.1. The molecule has 0 fully saturated rings. The summed E-state index contributed by atoms with van der Waals surface area (Å²) in [6.45, 7) is 4.47. The molecule has 1 aromatic carbocycles. The summed E-state index contributed by atoms with van der Waals surface area (Å²) < 4.78 is 5.45. The standard InChI is InChI=1S/C13H19NO3/c1-2-3-7-14-8-9-17-12-6-4-5-11(10-12)13(15)16/h4-6,10,14H,2-3,7-9H2,1H3,(H,15,16). The lowest BCUT2D eigenvalue weighted by atomic mass is 10.2. The van der Waals surface area contributed by atoms with E-state index in [9.17, 15) is 4.79 Å². The van der Waals surface area contributed by atoms with Crippen LogP contribution in [-0.2, 0) is 0 Å². The molecule has 2 N–H and O–H groups in total. The first kappa shape index (κ1) is 13.5. The minimum absolute atomic E-state index is 0.251. The van der Waals surface area contributed by atoms with E-state index in [2.05, 4.69) is 12.2 Å². The highest BCUT2D eigenvalue weighted by Gasteiger charge is 2.03. The maximum absolute atomic E-state index is 10.7. The SMILES string of the molecule is CCCCNCCOc1cccc(C(=O)O)c1. The molecule has 17 heavy (non-hydrogen) atoms. The number of hydrogen-bond acceptors (Lipinski definition) is 3. The Bertz CT molecular complexity index is 352. The van der Waals surface area contributed by atoms with Crippen molar-refractivity contribution in [1.82, 2.24) is 5.32 Å². The Morgan fingerprint density at radius 1 is 1.41 bits per heavy atom. The molecule has 0 heterocycles. The van der Waals surface area contributed by atoms with E-state index in [1.807, 2.05) is 0 Å². The third-order valence-electron chi connectivity index (χ3n) is 2.34. The first-order valence-electron chi connectivity index (χ1n) is 5.91. The van der Waals surface area contributed by atoms with Crippen LogP contribution in [0.2, 0.25) is 0 Å². The van der Waals surface area contributed by atoms with Gasteiger partial charge in [-0.3, -0.25) is 0 Å². The number of nitrogens with one attached hydrogen (secondary N) is 1. The van der Waals surface area contributed by atoms with E-state index < -0.39 is 5.97 Å². The lowest BCUT2D eigenvalue weighted by Gasteiger charge is -2.07. The maximum Gasteiger partial charge on any atom is 0.335 e. The number of aromatic carboxylic acids is 1. The molecule has 0 aliphatic rings. The van der Waals surface area contributed by atoms with E-state index in [4.69, 9.17) is 9.84 Å². The van der Waals surface area contributed by atoms with Gasteiger partial charge < -0.3 is 15.2 Å². The molecule has 0 spiro atoms. The number of hydrogen-bond donors (Lipinski definition) is 2. The zero-order valence-corrected chi connectivity index (χ0v) is 10.1. The number of unbranched alkanes of at least 4 members (excludes halogenated alkanes) is 1. The van der Waals surface area contributed by atoms with Crippen molar-refractivity contribution in [3.63, 3.8) is 0 Å². The minimum Gasteiger partial charge on any atom is -0.492 e. The van der Waals surface area contributed by atoms with Crippen molar-refractivity contribution in [1.29, 1.82) is 0 Å². The van der Waals surface area contributed by atoms with Crippen molar-refractivity contribution < 1.29 is 14.6 Å². The van der Waals surface area contributed by atoms with Crippen LogP contribution < -0.4 is 10.1 Å². The van der Waals surface area contributed by atoms with E-state index in [-0.39, 0.29) is 5.56 Å². The van der Waals surface area contributed by atoms with Gasteiger partial charge in [-0.2, -0.15) is 0 Å². The predicted molar refractivity (Wildman–Crippen MR) is 66.7 cm³/mol. The minimum atomic E-state index is -0.934. The summed E-state index contributed by atoms with van der Waals surface area (Å²) in [4.78, 5) is 10.7. The molecule has 0 radical (unpaired) electrons. The van der Waals surface area contributed by atoms with Gasteiger partial charge in [0.1, 0.15) is 12.4 Å². The molecule has 4 nitrogen and oxygen atoms in total. The van der Waals surface area contributed by atoms with Crippen LogP contribution in [0.5, 0.6) is 5.75 Å². The van der Waals surface area contributed by atoms with E-state index in [1.54, 1.807) is 18.2 Å². The van der Waals surface area contributed by atoms with Gasteiger partial charge in [0.15, 0.2) is 0 Å². The summed E-state index contributed by atoms with van der Waals surface area (Å²) >= 11 is 0. The van der Waals surface area contributed by atoms with Gasteiger partial charge in [0.2, 0.25) is 0 Å². The number of carboxylic acids is 1. The fraction of sp³-hybridized carbons (Fsp3) is 0.462. The van der Waals surface area contributed by atoms with E-state index in [0.29, 0.717) is 12.4 Å². The van der Waals surface area contributed by atoms with Crippen LogP contribution in [0, 0.1) is 0 Å². The van der Waals surface area contributed by atoms with Crippen LogP contribution in [0.4, 0.5) is 0 Å². The number of ether oxygens (including phenoxy) is 1. The van der Waals surface area contributed by atoms with Gasteiger partial charge in [-0.25, -0.2) is 4.79 Å². The lowest BCUT2D eigenvalue weighted by Crippen LogP contribution is -2.22. The van der Waals surface area contributed by atoms with Crippen molar-refractivity contribution in [3.05, 3.63) is 29.8 Å². The van der Waals surface area contributed by atoms with Crippen LogP contribution in [0.1, 0.15) is 30.1 Å². The fourth-order valence-electron chi connectivity index (χ4n) is 1.39. The Hall–Kier alpha value is -1.55. The van der Waals surface area contributed by atoms with E-state index in [1.165, 1.54) is 12.5 Å². The average molecular weight is 237 g/mol. The van der Waals surface area contributed by atoms with Crippen LogP contribution in [0.3, 0.4) is 0 Å². The second-order valence-electron chi connectivity index (χ2n) is 3.78. The Balaban J connectivity index is 2.27. The molecular formula is C13H19NO3. The number of carboxylic acid groups (broad SMARTS) is 1. The molecule has 0 bridgehead atoms. The van der Waals surface area contributed by atoms with Crippen LogP contribution in [0.25, 0.3) is 0 Å². The molecule has 0 unspecified atom stereocenters. The summed E-state index contributed by atoms with van der Waals surface area (Å²) in [7, 11) is 0. The average Bonchev–Trinajstić information content (AvgIpc) is 2.34. The van der Waals surface area contributed by atoms with Gasteiger partial charge in [0.25, 0.3) is 0 Å². The van der Waals surface area contributed by atoms with Gasteiger partial charge in [-0.1, -0.05) is 19.4 Å². The molecule has 4 heteroatoms. The van der Waals surface area contributed by atoms with Crippen LogP contribution in [0.15, 0.2) is 24.3 Å². The van der Waals surface area contributed by atoms with Crippen molar-refractivity contribution in [2.45, 2.75) is 19.8 Å². The lowest BCUT2D eigenvalue weighted by molar-refractivity contribution is 0.0696. The fourth-order valence-corrected chi connectivity index (χ4v) is 1.39. The van der Waals surface area contributed by atoms with Gasteiger partial charge in [0, 0.05) is 6.54 Å². The molecule has 0 aliphatic carbocycles. The van der Waals surface area contributed by atoms with Gasteiger partial charge >= 0.3 is 5.97 Å². The largest absolute Gasteiger partial charge is 0.492 e. The highest BCUT2D eigenvalue weighted by atomic mass is 16.5. The second kappa shape index (κ2) is 7.68. The molecule has 0 amide bonds. The van der Waals surface area contributed by atoms with Gasteiger partial charge in [-0.15, -0.1) is 0 Å². The molecule has 1 rings (SSSR count). The third-order valence-corrected chi connectivity index (χ3v) is 2.34. The van der Waals surface area contributed by atoms with Gasteiger partial charge in [0.05, 0.1) is 5.56 Å². The third kappa shape index (κ3) is 5.36. The molecule has 0 saturated heterocycles. The normalized spacial score (nSPS) is 10.2. The Labute approximate surface area is 102 Å². The van der Waals surface area contributed by atoms with Crippen molar-refractivity contribution in [2.75, 3.05) is 19.7 Å². The summed E-state index contributed by atoms with van der Waals surface area (Å²) in [5.74, 6) is -0.335. The van der Waals surface area contributed by atoms with Crippen molar-refractivity contribution >= 4 is 5.97 Å². The van der Waals surface area contributed by atoms with Gasteiger partial charge in [-0.05, 0) is 31.2 Å². The molecule has 0 aliphatic heterocycles. The smallest absolute Gasteiger partial charge is 0.335 e. The quantitative estimate of drug-likeness (QED) is 0.680. The second-order valence-corrected chi connectivity index (χ2v) is 3.78. The van der Waals surface area contributed by atoms with Crippen molar-refractivity contribution in [2.24, 2.45) is 0 Å². The summed E-state index contributed by atoms with van der Waals surface area (Å²) in [5.41, 5.74) is 0.251. The predicted octanol–water partition coefficient (Wildman–Crippen LogP) is 2.15. The summed E-state index contributed by atoms with van der Waals surface area (Å²) in [6, 6.07) is 6.53. The number of benzene rings is 1. The summed E-state index contributed by atoms with van der Waals surface area (Å²) in [6.07, 6.45) is 2.34. The monoisotopic (exact) mass is 237 g/mol. The first-order valence-corrected chi connectivity index (χ1v) is 5.91. The Morgan fingerprint density at radius 2 is 2.24 bits per heavy atom. The Morgan fingerprint density at radius 3 is 2.94 bits per heavy atom. The molecule has 0 aromatic heterocycles. The van der Waals surface area contributed by atoms with E-state index >= 15 is 0 Å². The first-order chi connectivity index (χ1) is 8.24. The molecule has 0 atom stereocenters. The van der Waals surface area contributed by atoms with E-state index in [0.717, 1.165) is 19.5 Å². The number of carbonyl (C=O) groups is 1. The van der Waals surface area contributed by atoms with Crippen molar-refractivity contribution in [3.8, 4) is 5.75 Å². The van der Waals surface area contributed by atoms with Crippen LogP contribution >= 0.6 is 0 Å². The molecule has 1 aromatic rings. The summed E-state index contributed by atoms with van der Waals surface area (Å²) in [5, 5.41) is 12.1.